The monoisotopic (exact) mass is 202 g/mol. The van der Waals surface area contributed by atoms with Crippen molar-refractivity contribution in [2.24, 2.45) is 0 Å². The highest BCUT2D eigenvalue weighted by Crippen LogP contribution is 2.10. The summed E-state index contributed by atoms with van der Waals surface area (Å²) in [5.74, 6) is -0.188. The second-order valence-corrected chi connectivity index (χ2v) is 3.49. The molecule has 0 unspecified atom stereocenters. The van der Waals surface area contributed by atoms with E-state index >= 15 is 0 Å². The maximum atomic E-state index is 11.0. The van der Waals surface area contributed by atoms with Crippen molar-refractivity contribution in [1.29, 1.82) is 0 Å². The molecule has 0 saturated carbocycles. The molecule has 0 fully saturated rings. The molecular formula is C11H22O3. The van der Waals surface area contributed by atoms with E-state index in [1.54, 1.807) is 7.11 Å². The number of carbonyl (C=O) groups is 1. The van der Waals surface area contributed by atoms with Crippen LogP contribution in [0.25, 0.3) is 0 Å². The molecule has 1 atom stereocenters. The van der Waals surface area contributed by atoms with Gasteiger partial charge < -0.3 is 9.47 Å². The van der Waals surface area contributed by atoms with Crippen molar-refractivity contribution in [2.45, 2.75) is 51.6 Å². The van der Waals surface area contributed by atoms with Crippen LogP contribution in [-0.4, -0.2) is 26.3 Å². The van der Waals surface area contributed by atoms with E-state index in [2.05, 4.69) is 11.7 Å². The van der Waals surface area contributed by atoms with Crippen LogP contribution in [0.4, 0.5) is 0 Å². The van der Waals surface area contributed by atoms with Crippen LogP contribution in [0.1, 0.15) is 45.4 Å². The van der Waals surface area contributed by atoms with Gasteiger partial charge in [0.2, 0.25) is 0 Å². The summed E-state index contributed by atoms with van der Waals surface area (Å²) < 4.78 is 9.79. The first-order valence-corrected chi connectivity index (χ1v) is 5.34. The lowest BCUT2D eigenvalue weighted by atomic mass is 10.1. The summed E-state index contributed by atoms with van der Waals surface area (Å²) >= 11 is 0. The zero-order valence-electron chi connectivity index (χ0n) is 9.54. The normalized spacial score (nSPS) is 12.5. The molecule has 3 heteroatoms. The van der Waals surface area contributed by atoms with Gasteiger partial charge in [0.1, 0.15) is 0 Å². The topological polar surface area (TPSA) is 35.5 Å². The second-order valence-electron chi connectivity index (χ2n) is 3.49. The molecule has 0 radical (unpaired) electrons. The molecule has 0 N–H and O–H groups in total. The lowest BCUT2D eigenvalue weighted by molar-refractivity contribution is -0.143. The maximum Gasteiger partial charge on any atom is 0.308 e. The molecule has 0 saturated heterocycles. The molecule has 0 aliphatic carbocycles. The summed E-state index contributed by atoms with van der Waals surface area (Å²) in [6, 6.07) is 0. The smallest absolute Gasteiger partial charge is 0.308 e. The van der Waals surface area contributed by atoms with E-state index in [0.29, 0.717) is 6.42 Å². The first-order valence-electron chi connectivity index (χ1n) is 5.34. The highest BCUT2D eigenvalue weighted by atomic mass is 16.5. The van der Waals surface area contributed by atoms with E-state index < -0.39 is 0 Å². The first-order chi connectivity index (χ1) is 6.74. The van der Waals surface area contributed by atoms with Crippen molar-refractivity contribution in [3.63, 3.8) is 0 Å². The zero-order chi connectivity index (χ0) is 10.8. The Labute approximate surface area is 86.8 Å². The van der Waals surface area contributed by atoms with Crippen LogP contribution < -0.4 is 0 Å². The summed E-state index contributed by atoms with van der Waals surface area (Å²) in [4.78, 5) is 11.0. The average molecular weight is 202 g/mol. The fraction of sp³-hybridized carbons (Fsp3) is 0.909. The van der Waals surface area contributed by atoms with E-state index in [-0.39, 0.29) is 12.1 Å². The van der Waals surface area contributed by atoms with E-state index in [1.165, 1.54) is 26.4 Å². The number of hydrogen-bond acceptors (Lipinski definition) is 3. The minimum atomic E-state index is -0.188. The summed E-state index contributed by atoms with van der Waals surface area (Å²) in [5, 5.41) is 0. The minimum absolute atomic E-state index is 0.0271. The Balaban J connectivity index is 3.52. The van der Waals surface area contributed by atoms with E-state index in [9.17, 15) is 4.79 Å². The van der Waals surface area contributed by atoms with Gasteiger partial charge in [0.25, 0.3) is 0 Å². The predicted octanol–water partition coefficient (Wildman–Crippen LogP) is 2.53. The van der Waals surface area contributed by atoms with Gasteiger partial charge in [-0.2, -0.15) is 0 Å². The number of esters is 1. The molecule has 0 spiro atoms. The summed E-state index contributed by atoms with van der Waals surface area (Å²) in [7, 11) is 3.06. The number of unbranched alkanes of at least 4 members (excludes halogenated alkanes) is 3. The fourth-order valence-electron chi connectivity index (χ4n) is 1.37. The lowest BCUT2D eigenvalue weighted by Crippen LogP contribution is -2.17. The van der Waals surface area contributed by atoms with Crippen LogP contribution in [0.5, 0.6) is 0 Å². The third kappa shape index (κ3) is 6.89. The molecule has 3 nitrogen and oxygen atoms in total. The molecule has 0 aromatic rings. The fourth-order valence-corrected chi connectivity index (χ4v) is 1.37. The lowest BCUT2D eigenvalue weighted by Gasteiger charge is -2.13. The van der Waals surface area contributed by atoms with Crippen LogP contribution in [0.3, 0.4) is 0 Å². The van der Waals surface area contributed by atoms with Crippen LogP contribution in [-0.2, 0) is 14.3 Å². The van der Waals surface area contributed by atoms with Crippen LogP contribution in [0.15, 0.2) is 0 Å². The summed E-state index contributed by atoms with van der Waals surface area (Å²) in [6.45, 7) is 2.18. The Hall–Kier alpha value is -0.570. The highest BCUT2D eigenvalue weighted by Gasteiger charge is 2.12. The Kier molecular flexibility index (Phi) is 8.64. The summed E-state index contributed by atoms with van der Waals surface area (Å²) in [5.41, 5.74) is 0. The number of rotatable bonds is 8. The van der Waals surface area contributed by atoms with Crippen molar-refractivity contribution in [1.82, 2.24) is 0 Å². The van der Waals surface area contributed by atoms with Gasteiger partial charge in [0, 0.05) is 7.11 Å². The Bertz CT molecular complexity index is 145. The van der Waals surface area contributed by atoms with E-state index in [4.69, 9.17) is 4.74 Å². The number of ether oxygens (including phenoxy) is 2. The maximum absolute atomic E-state index is 11.0. The van der Waals surface area contributed by atoms with Gasteiger partial charge in [-0.3, -0.25) is 4.79 Å². The average Bonchev–Trinajstić information content (AvgIpc) is 2.22. The van der Waals surface area contributed by atoms with Crippen LogP contribution in [0.2, 0.25) is 0 Å². The summed E-state index contributed by atoms with van der Waals surface area (Å²) in [6.07, 6.45) is 6.19. The molecule has 14 heavy (non-hydrogen) atoms. The number of carbonyl (C=O) groups excluding carboxylic acids is 1. The van der Waals surface area contributed by atoms with Crippen molar-refractivity contribution in [3.8, 4) is 0 Å². The van der Waals surface area contributed by atoms with Crippen molar-refractivity contribution < 1.29 is 14.3 Å². The Morgan fingerprint density at radius 1 is 1.21 bits per heavy atom. The largest absolute Gasteiger partial charge is 0.469 e. The van der Waals surface area contributed by atoms with Gasteiger partial charge in [-0.1, -0.05) is 32.6 Å². The second kappa shape index (κ2) is 9.00. The van der Waals surface area contributed by atoms with Crippen molar-refractivity contribution >= 4 is 5.97 Å². The molecule has 0 aromatic carbocycles. The molecule has 0 amide bonds. The van der Waals surface area contributed by atoms with Gasteiger partial charge in [0.05, 0.1) is 19.6 Å². The number of methoxy groups -OCH3 is 2. The van der Waals surface area contributed by atoms with E-state index in [0.717, 1.165) is 12.8 Å². The molecule has 0 heterocycles. The van der Waals surface area contributed by atoms with Crippen LogP contribution in [0, 0.1) is 0 Å². The van der Waals surface area contributed by atoms with Gasteiger partial charge in [-0.15, -0.1) is 0 Å². The third-order valence-electron chi connectivity index (χ3n) is 2.33. The quantitative estimate of drug-likeness (QED) is 0.448. The molecule has 0 rings (SSSR count). The van der Waals surface area contributed by atoms with Gasteiger partial charge in [0.15, 0.2) is 0 Å². The molecule has 0 aliphatic rings. The Morgan fingerprint density at radius 2 is 1.93 bits per heavy atom. The molecule has 0 aliphatic heterocycles. The van der Waals surface area contributed by atoms with E-state index in [1.807, 2.05) is 0 Å². The third-order valence-corrected chi connectivity index (χ3v) is 2.33. The highest BCUT2D eigenvalue weighted by molar-refractivity contribution is 5.69. The predicted molar refractivity (Wildman–Crippen MR) is 56.2 cm³/mol. The molecular weight excluding hydrogens is 180 g/mol. The molecule has 0 bridgehead atoms. The number of hydrogen-bond donors (Lipinski definition) is 0. The SMILES string of the molecule is CCCCCC[C@@H](CC(=O)OC)OC. The zero-order valence-corrected chi connectivity index (χ0v) is 9.54. The van der Waals surface area contributed by atoms with Crippen molar-refractivity contribution in [2.75, 3.05) is 14.2 Å². The van der Waals surface area contributed by atoms with Crippen LogP contribution >= 0.6 is 0 Å². The van der Waals surface area contributed by atoms with Gasteiger partial charge in [-0.25, -0.2) is 0 Å². The van der Waals surface area contributed by atoms with Gasteiger partial charge >= 0.3 is 5.97 Å². The van der Waals surface area contributed by atoms with Gasteiger partial charge in [-0.05, 0) is 6.42 Å². The molecule has 84 valence electrons. The standard InChI is InChI=1S/C11H22O3/c1-4-5-6-7-8-10(13-2)9-11(12)14-3/h10H,4-9H2,1-3H3/t10-/m0/s1. The minimum Gasteiger partial charge on any atom is -0.469 e. The molecule has 0 aromatic heterocycles. The first kappa shape index (κ1) is 13.4. The Morgan fingerprint density at radius 3 is 2.43 bits per heavy atom. The van der Waals surface area contributed by atoms with Crippen molar-refractivity contribution in [3.05, 3.63) is 0 Å².